The molecule has 0 radical (unpaired) electrons. The van der Waals surface area contributed by atoms with Crippen LogP contribution in [0.3, 0.4) is 0 Å². The van der Waals surface area contributed by atoms with Crippen LogP contribution in [0.25, 0.3) is 17.1 Å². The molecule has 6 nitrogen and oxygen atoms in total. The predicted octanol–water partition coefficient (Wildman–Crippen LogP) is 5.83. The fraction of sp³-hybridized carbons (Fsp3) is 0.240. The number of carbonyl (C=O) groups excluding carboxylic acids is 1. The summed E-state index contributed by atoms with van der Waals surface area (Å²) in [5.74, 6) is 1.01. The smallest absolute Gasteiger partial charge is 0.260 e. The minimum atomic E-state index is -0.188. The molecule has 0 saturated heterocycles. The Kier molecular flexibility index (Phi) is 5.46. The second kappa shape index (κ2) is 8.22. The van der Waals surface area contributed by atoms with E-state index in [0.717, 1.165) is 22.6 Å². The quantitative estimate of drug-likeness (QED) is 0.446. The van der Waals surface area contributed by atoms with E-state index >= 15 is 0 Å². The lowest BCUT2D eigenvalue weighted by molar-refractivity contribution is 0.102. The molecule has 0 bridgehead atoms. The highest BCUT2D eigenvalue weighted by Crippen LogP contribution is 2.31. The van der Waals surface area contributed by atoms with Crippen molar-refractivity contribution >= 4 is 11.6 Å². The van der Waals surface area contributed by atoms with Gasteiger partial charge < -0.3 is 14.4 Å². The Morgan fingerprint density at radius 2 is 1.65 bits per heavy atom. The van der Waals surface area contributed by atoms with Gasteiger partial charge in [0.2, 0.25) is 0 Å². The zero-order valence-corrected chi connectivity index (χ0v) is 18.4. The minimum Gasteiger partial charge on any atom is -0.334 e. The standard InChI is InChI=1S/C25H26N4O2/c1-15(2)23-27-25(31-28-23)21-8-6-7-16(3)22(21)26-24(30)19-11-13-20(14-12-19)29-17(4)9-10-18(29)5/h6-15H,1-5H3,(H,26,30). The highest BCUT2D eigenvalue weighted by Gasteiger charge is 2.18. The van der Waals surface area contributed by atoms with E-state index < -0.39 is 0 Å². The predicted molar refractivity (Wildman–Crippen MR) is 122 cm³/mol. The number of rotatable bonds is 5. The van der Waals surface area contributed by atoms with Gasteiger partial charge in [-0.15, -0.1) is 0 Å². The van der Waals surface area contributed by atoms with Crippen molar-refractivity contribution in [1.29, 1.82) is 0 Å². The number of anilines is 1. The van der Waals surface area contributed by atoms with Crippen LogP contribution < -0.4 is 5.32 Å². The third-order valence-electron chi connectivity index (χ3n) is 5.36. The van der Waals surface area contributed by atoms with Crippen LogP contribution in [0.5, 0.6) is 0 Å². The minimum absolute atomic E-state index is 0.159. The lowest BCUT2D eigenvalue weighted by Gasteiger charge is -2.13. The first-order valence-electron chi connectivity index (χ1n) is 10.4. The summed E-state index contributed by atoms with van der Waals surface area (Å²) in [7, 11) is 0. The van der Waals surface area contributed by atoms with Crippen LogP contribution in [0, 0.1) is 20.8 Å². The Hall–Kier alpha value is -3.67. The van der Waals surface area contributed by atoms with Gasteiger partial charge >= 0.3 is 0 Å². The summed E-state index contributed by atoms with van der Waals surface area (Å²) in [4.78, 5) is 17.5. The summed E-state index contributed by atoms with van der Waals surface area (Å²) < 4.78 is 7.62. The molecular weight excluding hydrogens is 388 g/mol. The molecule has 158 valence electrons. The van der Waals surface area contributed by atoms with Crippen molar-refractivity contribution in [2.45, 2.75) is 40.5 Å². The average molecular weight is 415 g/mol. The number of aryl methyl sites for hydroxylation is 3. The molecule has 0 aliphatic rings. The summed E-state index contributed by atoms with van der Waals surface area (Å²) in [6.07, 6.45) is 0. The maximum absolute atomic E-state index is 13.0. The van der Waals surface area contributed by atoms with Crippen LogP contribution >= 0.6 is 0 Å². The number of hydrogen-bond acceptors (Lipinski definition) is 4. The average Bonchev–Trinajstić information content (AvgIpc) is 3.37. The molecule has 1 amide bonds. The van der Waals surface area contributed by atoms with Gasteiger partial charge in [0.15, 0.2) is 5.82 Å². The van der Waals surface area contributed by atoms with E-state index in [4.69, 9.17) is 4.52 Å². The second-order valence-electron chi connectivity index (χ2n) is 8.06. The number of carbonyl (C=O) groups is 1. The number of hydrogen-bond donors (Lipinski definition) is 1. The van der Waals surface area contributed by atoms with Crippen LogP contribution in [0.2, 0.25) is 0 Å². The topological polar surface area (TPSA) is 73.0 Å². The van der Waals surface area contributed by atoms with Crippen molar-refractivity contribution in [2.24, 2.45) is 0 Å². The first-order valence-corrected chi connectivity index (χ1v) is 10.4. The SMILES string of the molecule is Cc1cccc(-c2nc(C(C)C)no2)c1NC(=O)c1ccc(-n2c(C)ccc2C)cc1. The molecule has 2 aromatic carbocycles. The fourth-order valence-electron chi connectivity index (χ4n) is 3.61. The molecule has 4 aromatic rings. The molecule has 0 saturated carbocycles. The summed E-state index contributed by atoms with van der Waals surface area (Å²) in [6, 6.07) is 17.5. The first kappa shape index (κ1) is 20.6. The van der Waals surface area contributed by atoms with Gasteiger partial charge in [0, 0.05) is 28.6 Å². The molecule has 2 heterocycles. The number of aromatic nitrogens is 3. The normalized spacial score (nSPS) is 11.2. The summed E-state index contributed by atoms with van der Waals surface area (Å²) in [5.41, 5.74) is 6.22. The lowest BCUT2D eigenvalue weighted by Crippen LogP contribution is -2.14. The zero-order valence-electron chi connectivity index (χ0n) is 18.4. The van der Waals surface area contributed by atoms with E-state index in [1.807, 2.05) is 63.2 Å². The summed E-state index contributed by atoms with van der Waals surface area (Å²) in [6.45, 7) is 10.1. The zero-order chi connectivity index (χ0) is 22.1. The Bertz CT molecular complexity index is 1210. The molecule has 0 fully saturated rings. The lowest BCUT2D eigenvalue weighted by atomic mass is 10.1. The van der Waals surface area contributed by atoms with Gasteiger partial charge in [-0.3, -0.25) is 4.79 Å². The van der Waals surface area contributed by atoms with E-state index in [-0.39, 0.29) is 11.8 Å². The molecule has 31 heavy (non-hydrogen) atoms. The van der Waals surface area contributed by atoms with Crippen molar-refractivity contribution < 1.29 is 9.32 Å². The van der Waals surface area contributed by atoms with Crippen LogP contribution in [0.15, 0.2) is 59.1 Å². The van der Waals surface area contributed by atoms with Crippen molar-refractivity contribution in [3.63, 3.8) is 0 Å². The number of amides is 1. The summed E-state index contributed by atoms with van der Waals surface area (Å²) >= 11 is 0. The maximum Gasteiger partial charge on any atom is 0.260 e. The monoisotopic (exact) mass is 414 g/mol. The third-order valence-corrected chi connectivity index (χ3v) is 5.36. The van der Waals surface area contributed by atoms with Crippen LogP contribution in [0.4, 0.5) is 5.69 Å². The molecule has 0 aliphatic heterocycles. The van der Waals surface area contributed by atoms with Crippen molar-refractivity contribution in [1.82, 2.24) is 14.7 Å². The van der Waals surface area contributed by atoms with Crippen molar-refractivity contribution in [2.75, 3.05) is 5.32 Å². The van der Waals surface area contributed by atoms with E-state index in [0.29, 0.717) is 28.5 Å². The molecule has 6 heteroatoms. The van der Waals surface area contributed by atoms with Crippen LogP contribution in [-0.4, -0.2) is 20.6 Å². The van der Waals surface area contributed by atoms with Crippen molar-refractivity contribution in [3.8, 4) is 17.1 Å². The molecule has 4 rings (SSSR count). The van der Waals surface area contributed by atoms with Gasteiger partial charge in [-0.05, 0) is 68.8 Å². The van der Waals surface area contributed by atoms with Gasteiger partial charge in [0.25, 0.3) is 11.8 Å². The number of nitrogens with zero attached hydrogens (tertiary/aromatic N) is 3. The second-order valence-corrected chi connectivity index (χ2v) is 8.06. The van der Waals surface area contributed by atoms with E-state index in [1.54, 1.807) is 0 Å². The highest BCUT2D eigenvalue weighted by molar-refractivity contribution is 6.06. The van der Waals surface area contributed by atoms with Gasteiger partial charge in [-0.25, -0.2) is 0 Å². The van der Waals surface area contributed by atoms with Crippen molar-refractivity contribution in [3.05, 3.63) is 82.9 Å². The Morgan fingerprint density at radius 3 is 2.26 bits per heavy atom. The Morgan fingerprint density at radius 1 is 0.968 bits per heavy atom. The Balaban J connectivity index is 1.62. The van der Waals surface area contributed by atoms with Crippen LogP contribution in [0.1, 0.15) is 52.9 Å². The van der Waals surface area contributed by atoms with Gasteiger partial charge in [-0.2, -0.15) is 4.98 Å². The summed E-state index contributed by atoms with van der Waals surface area (Å²) in [5, 5.41) is 7.08. The maximum atomic E-state index is 13.0. The van der Waals surface area contributed by atoms with E-state index in [2.05, 4.69) is 46.0 Å². The number of nitrogens with one attached hydrogen (secondary N) is 1. The molecule has 0 spiro atoms. The fourth-order valence-corrected chi connectivity index (χ4v) is 3.61. The molecule has 0 aliphatic carbocycles. The third kappa shape index (κ3) is 4.01. The van der Waals surface area contributed by atoms with Gasteiger partial charge in [0.05, 0.1) is 11.3 Å². The first-order chi connectivity index (χ1) is 14.8. The van der Waals surface area contributed by atoms with Crippen LogP contribution in [-0.2, 0) is 0 Å². The van der Waals surface area contributed by atoms with E-state index in [9.17, 15) is 4.79 Å². The number of para-hydroxylation sites is 1. The van der Waals surface area contributed by atoms with E-state index in [1.165, 1.54) is 0 Å². The van der Waals surface area contributed by atoms with Gasteiger partial charge in [-0.1, -0.05) is 31.1 Å². The number of benzene rings is 2. The molecule has 0 atom stereocenters. The highest BCUT2D eigenvalue weighted by atomic mass is 16.5. The Labute approximate surface area is 181 Å². The molecule has 0 unspecified atom stereocenters. The van der Waals surface area contributed by atoms with Gasteiger partial charge in [0.1, 0.15) is 0 Å². The molecule has 2 aromatic heterocycles. The molecular formula is C25H26N4O2. The molecule has 1 N–H and O–H groups in total. The largest absolute Gasteiger partial charge is 0.334 e.